The zero-order valence-electron chi connectivity index (χ0n) is 33.9. The van der Waals surface area contributed by atoms with Crippen molar-refractivity contribution in [3.05, 3.63) is 255 Å². The topological polar surface area (TPSA) is 8.17 Å². The molecule has 1 aromatic heterocycles. The van der Waals surface area contributed by atoms with Crippen LogP contribution in [-0.2, 0) is 0 Å². The number of anilines is 3. The summed E-state index contributed by atoms with van der Waals surface area (Å²) in [5.74, 6) is -0.246. The third-order valence-electron chi connectivity index (χ3n) is 12.4. The van der Waals surface area contributed by atoms with Gasteiger partial charge in [-0.2, -0.15) is 0 Å². The van der Waals surface area contributed by atoms with Crippen LogP contribution in [0.1, 0.15) is 0 Å². The van der Waals surface area contributed by atoms with Crippen LogP contribution in [0.15, 0.2) is 249 Å². The van der Waals surface area contributed by atoms with E-state index in [9.17, 15) is 4.39 Å². The smallest absolute Gasteiger partial charge is 0.0351 e. The standard InChI is InChI=1S/C58H41FGeN2/c59-45-31-37-51(38-32-45)62-57-25-13-12-24-54(57)55-41-52(39-40-58(55)62)61(56-26-14-16-44-15-10-11-23-53(44)56)50-35-29-43(30-36-50)42-27-33-49(34-28-42)60(46-17-4-1-5-18-46,47-19-6-2-7-20-47)48-21-8-3-9-22-48/h1-41H. The van der Waals surface area contributed by atoms with E-state index < -0.39 is 13.3 Å². The van der Waals surface area contributed by atoms with Crippen molar-refractivity contribution in [3.63, 3.8) is 0 Å². The van der Waals surface area contributed by atoms with E-state index in [1.165, 1.54) is 46.1 Å². The molecular formula is C58H41FGeN2. The Bertz CT molecular complexity index is 3230. The molecule has 0 bridgehead atoms. The van der Waals surface area contributed by atoms with Crippen LogP contribution in [0.2, 0.25) is 0 Å². The summed E-state index contributed by atoms with van der Waals surface area (Å²) in [5.41, 5.74) is 8.63. The van der Waals surface area contributed by atoms with Gasteiger partial charge in [0, 0.05) is 11.1 Å². The third-order valence-corrected chi connectivity index (χ3v) is 22.5. The fourth-order valence-electron chi connectivity index (χ4n) is 9.58. The zero-order valence-corrected chi connectivity index (χ0v) is 36.0. The van der Waals surface area contributed by atoms with Crippen molar-refractivity contribution in [2.24, 2.45) is 0 Å². The van der Waals surface area contributed by atoms with E-state index in [1.807, 2.05) is 12.1 Å². The van der Waals surface area contributed by atoms with Crippen molar-refractivity contribution >= 4 is 80.5 Å². The van der Waals surface area contributed by atoms with Gasteiger partial charge in [-0.25, -0.2) is 4.39 Å². The van der Waals surface area contributed by atoms with Gasteiger partial charge < -0.3 is 4.57 Å². The van der Waals surface area contributed by atoms with Crippen molar-refractivity contribution in [1.82, 2.24) is 4.57 Å². The Morgan fingerprint density at radius 3 is 1.47 bits per heavy atom. The summed E-state index contributed by atoms with van der Waals surface area (Å²) >= 11 is -3.37. The van der Waals surface area contributed by atoms with Crippen molar-refractivity contribution < 1.29 is 4.39 Å². The number of rotatable bonds is 9. The number of hydrogen-bond acceptors (Lipinski definition) is 1. The van der Waals surface area contributed by atoms with Crippen LogP contribution in [0.25, 0.3) is 49.4 Å². The molecule has 294 valence electrons. The molecule has 11 aromatic rings. The van der Waals surface area contributed by atoms with Gasteiger partial charge >= 0.3 is 256 Å². The Morgan fingerprint density at radius 2 is 0.839 bits per heavy atom. The molecule has 1 heterocycles. The van der Waals surface area contributed by atoms with E-state index in [1.54, 1.807) is 0 Å². The van der Waals surface area contributed by atoms with E-state index >= 15 is 0 Å². The molecule has 11 rings (SSSR count). The second kappa shape index (κ2) is 15.9. The summed E-state index contributed by atoms with van der Waals surface area (Å²) in [6, 6.07) is 88.9. The van der Waals surface area contributed by atoms with Crippen LogP contribution in [-0.4, -0.2) is 17.8 Å². The molecule has 0 fully saturated rings. The normalized spacial score (nSPS) is 11.6. The van der Waals surface area contributed by atoms with E-state index in [2.05, 4.69) is 234 Å². The summed E-state index contributed by atoms with van der Waals surface area (Å²) in [4.78, 5) is 2.38. The maximum atomic E-state index is 14.1. The number of hydrogen-bond donors (Lipinski definition) is 0. The number of para-hydroxylation sites is 1. The van der Waals surface area contributed by atoms with Crippen molar-refractivity contribution in [1.29, 1.82) is 0 Å². The molecule has 0 amide bonds. The van der Waals surface area contributed by atoms with Crippen LogP contribution < -0.4 is 22.5 Å². The molecule has 0 aliphatic rings. The summed E-state index contributed by atoms with van der Waals surface area (Å²) in [6.07, 6.45) is 0. The van der Waals surface area contributed by atoms with Gasteiger partial charge in [0.05, 0.1) is 11.0 Å². The Labute approximate surface area is 363 Å². The van der Waals surface area contributed by atoms with Crippen LogP contribution in [0.4, 0.5) is 21.5 Å². The average Bonchev–Trinajstić information content (AvgIpc) is 3.67. The molecule has 0 spiro atoms. The molecule has 4 heteroatoms. The number of nitrogens with zero attached hydrogens (tertiary/aromatic N) is 2. The van der Waals surface area contributed by atoms with Crippen molar-refractivity contribution in [2.45, 2.75) is 0 Å². The first kappa shape index (κ1) is 37.5. The molecule has 0 aliphatic heterocycles. The zero-order chi connectivity index (χ0) is 41.5. The predicted molar refractivity (Wildman–Crippen MR) is 262 cm³/mol. The number of aromatic nitrogens is 1. The average molecular weight is 858 g/mol. The van der Waals surface area contributed by atoms with Crippen LogP contribution in [0.5, 0.6) is 0 Å². The molecule has 0 atom stereocenters. The minimum Gasteiger partial charge on any atom is -0.0351 e. The van der Waals surface area contributed by atoms with Crippen LogP contribution >= 0.6 is 0 Å². The summed E-state index contributed by atoms with van der Waals surface area (Å²) in [6.45, 7) is 0. The predicted octanol–water partition coefficient (Wildman–Crippen LogP) is 12.6. The molecule has 62 heavy (non-hydrogen) atoms. The fraction of sp³-hybridized carbons (Fsp3) is 0. The van der Waals surface area contributed by atoms with Gasteiger partial charge in [0.2, 0.25) is 0 Å². The van der Waals surface area contributed by atoms with Gasteiger partial charge in [0.15, 0.2) is 0 Å². The summed E-state index contributed by atoms with van der Waals surface area (Å²) in [7, 11) is 0. The maximum absolute atomic E-state index is 14.1. The Balaban J connectivity index is 1.03. The minimum absolute atomic E-state index is 0.246. The van der Waals surface area contributed by atoms with Crippen molar-refractivity contribution in [3.8, 4) is 16.8 Å². The molecule has 0 N–H and O–H groups in total. The van der Waals surface area contributed by atoms with Gasteiger partial charge in [0.25, 0.3) is 0 Å². The first-order chi connectivity index (χ1) is 30.7. The molecular weight excluding hydrogens is 816 g/mol. The quantitative estimate of drug-likeness (QED) is 0.131. The molecule has 0 radical (unpaired) electrons. The molecule has 10 aromatic carbocycles. The first-order valence-electron chi connectivity index (χ1n) is 21.1. The molecule has 2 nitrogen and oxygen atoms in total. The Hall–Kier alpha value is -7.47. The number of fused-ring (bicyclic) bond motifs is 4. The molecule has 0 aliphatic carbocycles. The SMILES string of the molecule is Fc1ccc(-n2c3ccccc3c3cc(N(c4ccc(-c5cc[c]([Ge]([c]6ccccc6)([c]6ccccc6)[c]6ccccc6)cc5)cc4)c4cccc5ccccc45)ccc32)cc1. The third kappa shape index (κ3) is 6.41. The van der Waals surface area contributed by atoms with E-state index in [-0.39, 0.29) is 5.82 Å². The van der Waals surface area contributed by atoms with E-state index in [0.717, 1.165) is 50.1 Å². The number of halogens is 1. The molecule has 0 unspecified atom stereocenters. The first-order valence-corrected chi connectivity index (χ1v) is 25.3. The van der Waals surface area contributed by atoms with Gasteiger partial charge in [0.1, 0.15) is 5.82 Å². The second-order valence-electron chi connectivity index (χ2n) is 15.8. The Morgan fingerprint density at radius 1 is 0.355 bits per heavy atom. The van der Waals surface area contributed by atoms with Gasteiger partial charge in [-0.15, -0.1) is 0 Å². The number of benzene rings is 10. The van der Waals surface area contributed by atoms with Crippen molar-refractivity contribution in [2.75, 3.05) is 4.90 Å². The van der Waals surface area contributed by atoms with Crippen LogP contribution in [0.3, 0.4) is 0 Å². The summed E-state index contributed by atoms with van der Waals surface area (Å²) in [5, 5.41) is 4.63. The van der Waals surface area contributed by atoms with Gasteiger partial charge in [-0.05, 0) is 30.3 Å². The van der Waals surface area contributed by atoms with E-state index in [0.29, 0.717) is 0 Å². The monoisotopic (exact) mass is 858 g/mol. The minimum atomic E-state index is -3.37. The van der Waals surface area contributed by atoms with Gasteiger partial charge in [-0.3, -0.25) is 0 Å². The molecule has 0 saturated carbocycles. The Kier molecular flexibility index (Phi) is 9.60. The summed E-state index contributed by atoms with van der Waals surface area (Å²) < 4.78 is 21.9. The molecule has 0 saturated heterocycles. The van der Waals surface area contributed by atoms with E-state index in [4.69, 9.17) is 0 Å². The van der Waals surface area contributed by atoms with Crippen LogP contribution in [0, 0.1) is 5.82 Å². The second-order valence-corrected chi connectivity index (χ2v) is 23.8. The van der Waals surface area contributed by atoms with Gasteiger partial charge in [-0.1, -0.05) is 42.5 Å². The fourth-order valence-corrected chi connectivity index (χ4v) is 19.5.